The molecule has 0 saturated carbocycles. The number of halogens is 1. The molecule has 0 aromatic carbocycles. The molecule has 0 aliphatic carbocycles. The summed E-state index contributed by atoms with van der Waals surface area (Å²) in [5, 5.41) is 0. The summed E-state index contributed by atoms with van der Waals surface area (Å²) in [4.78, 5) is 2.94. The molecule has 5 N–H and O–H groups in total. The van der Waals surface area contributed by atoms with Crippen molar-refractivity contribution in [1.29, 1.82) is 0 Å². The summed E-state index contributed by atoms with van der Waals surface area (Å²) >= 11 is 0. The zero-order valence-electron chi connectivity index (χ0n) is 11.3. The zero-order valence-corrected chi connectivity index (χ0v) is 12.2. The summed E-state index contributed by atoms with van der Waals surface area (Å²) in [7, 11) is 0. The molecule has 0 unspecified atom stereocenters. The van der Waals surface area contributed by atoms with Crippen molar-refractivity contribution in [2.24, 2.45) is 11.5 Å². The number of guanidine groups is 1. The largest absolute Gasteiger partial charge is 0.338 e. The van der Waals surface area contributed by atoms with Gasteiger partial charge in [-0.05, 0) is 6.42 Å². The van der Waals surface area contributed by atoms with Gasteiger partial charge in [0.05, 0.1) is 6.54 Å². The van der Waals surface area contributed by atoms with E-state index in [1.807, 2.05) is 0 Å². The first-order valence-electron chi connectivity index (χ1n) is 6.89. The molecule has 0 saturated heterocycles. The molecule has 0 aromatic heterocycles. The molecule has 0 aliphatic rings. The summed E-state index contributed by atoms with van der Waals surface area (Å²) in [6.07, 6.45) is 13.6. The fraction of sp³-hybridized carbons (Fsp3) is 0.923. The maximum atomic E-state index is 5.30. The number of rotatable bonds is 11. The van der Waals surface area contributed by atoms with Crippen molar-refractivity contribution in [3.63, 3.8) is 0 Å². The Kier molecular flexibility index (Phi) is 17.3. The van der Waals surface area contributed by atoms with Crippen LogP contribution in [0.4, 0.5) is 0 Å². The van der Waals surface area contributed by atoms with Crippen LogP contribution in [-0.4, -0.2) is 12.5 Å². The van der Waals surface area contributed by atoms with Crippen LogP contribution >= 0.6 is 12.4 Å². The zero-order chi connectivity index (χ0) is 12.1. The Balaban J connectivity index is 0. The van der Waals surface area contributed by atoms with Crippen molar-refractivity contribution in [2.75, 3.05) is 6.54 Å². The van der Waals surface area contributed by atoms with Crippen molar-refractivity contribution in [1.82, 2.24) is 0 Å². The summed E-state index contributed by atoms with van der Waals surface area (Å²) in [6, 6.07) is 0. The number of nitrogens with two attached hydrogens (primary N) is 2. The van der Waals surface area contributed by atoms with Crippen molar-refractivity contribution in [3.05, 3.63) is 0 Å². The monoisotopic (exact) mass is 264 g/mol. The van der Waals surface area contributed by atoms with E-state index in [2.05, 4.69) is 11.9 Å². The van der Waals surface area contributed by atoms with E-state index in [4.69, 9.17) is 11.5 Å². The topological polar surface area (TPSA) is 66.0 Å². The Bertz CT molecular complexity index is 168. The minimum absolute atomic E-state index is 0. The van der Waals surface area contributed by atoms with Gasteiger partial charge in [0, 0.05) is 0 Å². The van der Waals surface area contributed by atoms with E-state index >= 15 is 0 Å². The molecule has 0 fully saturated rings. The number of unbranched alkanes of at least 4 members (excludes halogenated alkanes) is 9. The number of hydrogen-bond donors (Lipinski definition) is 3. The van der Waals surface area contributed by atoms with Crippen molar-refractivity contribution >= 4 is 18.4 Å². The molecule has 0 radical (unpaired) electrons. The standard InChI is InChI=1S/C13H29N3.ClH/c1-2-3-4-5-6-7-8-9-10-11-12-16-13(14)15;/h2-12H2,1H3,(H4,14,15,16);1H/p+1. The predicted octanol–water partition coefficient (Wildman–Crippen LogP) is 1.68. The fourth-order valence-electron chi connectivity index (χ4n) is 1.85. The SMILES string of the molecule is CCCCCCCCCCCC[NH+]=C(N)N.Cl. The Morgan fingerprint density at radius 1 is 0.765 bits per heavy atom. The van der Waals surface area contributed by atoms with Crippen LogP contribution in [0.1, 0.15) is 71.1 Å². The lowest BCUT2D eigenvalue weighted by atomic mass is 10.1. The first kappa shape index (κ1) is 18.9. The predicted molar refractivity (Wildman–Crippen MR) is 78.3 cm³/mol. The molecule has 0 rings (SSSR count). The van der Waals surface area contributed by atoms with E-state index in [1.54, 1.807) is 0 Å². The van der Waals surface area contributed by atoms with Gasteiger partial charge in [0.15, 0.2) is 0 Å². The molecule has 3 nitrogen and oxygen atoms in total. The molecule has 0 amide bonds. The van der Waals surface area contributed by atoms with Crippen molar-refractivity contribution in [2.45, 2.75) is 71.1 Å². The molecule has 17 heavy (non-hydrogen) atoms. The van der Waals surface area contributed by atoms with E-state index in [0.717, 1.165) is 6.54 Å². The highest BCUT2D eigenvalue weighted by molar-refractivity contribution is 5.85. The smallest absolute Gasteiger partial charge is 0.291 e. The van der Waals surface area contributed by atoms with Gasteiger partial charge in [-0.3, -0.25) is 16.5 Å². The molecule has 0 spiro atoms. The van der Waals surface area contributed by atoms with Crippen LogP contribution < -0.4 is 16.5 Å². The van der Waals surface area contributed by atoms with E-state index in [9.17, 15) is 0 Å². The van der Waals surface area contributed by atoms with Gasteiger partial charge in [0.1, 0.15) is 0 Å². The average Bonchev–Trinajstić information content (AvgIpc) is 2.25. The average molecular weight is 265 g/mol. The normalized spacial score (nSPS) is 9.71. The Labute approximate surface area is 113 Å². The van der Waals surface area contributed by atoms with Gasteiger partial charge in [-0.2, -0.15) is 0 Å². The van der Waals surface area contributed by atoms with Gasteiger partial charge in [-0.1, -0.05) is 64.7 Å². The third-order valence-corrected chi connectivity index (χ3v) is 2.86. The lowest BCUT2D eigenvalue weighted by molar-refractivity contribution is -0.459. The van der Waals surface area contributed by atoms with E-state index < -0.39 is 0 Å². The quantitative estimate of drug-likeness (QED) is 0.302. The lowest BCUT2D eigenvalue weighted by Gasteiger charge is -2.00. The van der Waals surface area contributed by atoms with Crippen molar-refractivity contribution in [3.8, 4) is 0 Å². The highest BCUT2D eigenvalue weighted by Crippen LogP contribution is 2.09. The van der Waals surface area contributed by atoms with Gasteiger partial charge in [-0.25, -0.2) is 0 Å². The molecule has 0 heterocycles. The Hall–Kier alpha value is -0.440. The van der Waals surface area contributed by atoms with Gasteiger partial charge in [0.2, 0.25) is 0 Å². The molecular formula is C13H31ClN3+. The third-order valence-electron chi connectivity index (χ3n) is 2.86. The maximum absolute atomic E-state index is 5.30. The second-order valence-electron chi connectivity index (χ2n) is 4.56. The van der Waals surface area contributed by atoms with Crippen LogP contribution in [0.2, 0.25) is 0 Å². The fourth-order valence-corrected chi connectivity index (χ4v) is 1.85. The number of nitrogens with one attached hydrogen (secondary N) is 1. The van der Waals surface area contributed by atoms with E-state index in [-0.39, 0.29) is 12.4 Å². The summed E-state index contributed by atoms with van der Waals surface area (Å²) in [5.41, 5.74) is 10.6. The Morgan fingerprint density at radius 3 is 1.59 bits per heavy atom. The van der Waals surface area contributed by atoms with Gasteiger partial charge in [0.25, 0.3) is 0 Å². The minimum atomic E-state index is 0. The van der Waals surface area contributed by atoms with Crippen LogP contribution in [0.5, 0.6) is 0 Å². The summed E-state index contributed by atoms with van der Waals surface area (Å²) < 4.78 is 0. The molecule has 0 bridgehead atoms. The van der Waals surface area contributed by atoms with Gasteiger partial charge < -0.3 is 0 Å². The molecule has 0 aromatic rings. The van der Waals surface area contributed by atoms with Crippen LogP contribution in [0, 0.1) is 0 Å². The van der Waals surface area contributed by atoms with Crippen LogP contribution in [0.3, 0.4) is 0 Å². The molecule has 0 atom stereocenters. The molecule has 4 heteroatoms. The first-order valence-corrected chi connectivity index (χ1v) is 6.89. The number of hydrogen-bond acceptors (Lipinski definition) is 0. The van der Waals surface area contributed by atoms with Crippen LogP contribution in [0.25, 0.3) is 0 Å². The summed E-state index contributed by atoms with van der Waals surface area (Å²) in [6.45, 7) is 3.18. The molecular weight excluding hydrogens is 234 g/mol. The first-order chi connectivity index (χ1) is 7.77. The van der Waals surface area contributed by atoms with Crippen LogP contribution in [-0.2, 0) is 0 Å². The minimum Gasteiger partial charge on any atom is -0.291 e. The van der Waals surface area contributed by atoms with E-state index in [1.165, 1.54) is 64.2 Å². The van der Waals surface area contributed by atoms with E-state index in [0.29, 0.717) is 5.96 Å². The summed E-state index contributed by atoms with van der Waals surface area (Å²) in [5.74, 6) is 0.343. The highest BCUT2D eigenvalue weighted by Gasteiger charge is 1.92. The van der Waals surface area contributed by atoms with Crippen LogP contribution in [0.15, 0.2) is 0 Å². The second-order valence-corrected chi connectivity index (χ2v) is 4.56. The molecule has 0 aliphatic heterocycles. The molecule has 104 valence electrons. The van der Waals surface area contributed by atoms with Gasteiger partial charge in [-0.15, -0.1) is 12.4 Å². The highest BCUT2D eigenvalue weighted by atomic mass is 35.5. The third kappa shape index (κ3) is 18.1. The Morgan fingerprint density at radius 2 is 1.18 bits per heavy atom. The second kappa shape index (κ2) is 15.6. The van der Waals surface area contributed by atoms with Crippen molar-refractivity contribution < 1.29 is 4.99 Å². The maximum Gasteiger partial charge on any atom is 0.338 e. The lowest BCUT2D eigenvalue weighted by Crippen LogP contribution is -2.78. The van der Waals surface area contributed by atoms with Gasteiger partial charge >= 0.3 is 5.96 Å².